The van der Waals surface area contributed by atoms with Crippen molar-refractivity contribution in [1.29, 1.82) is 10.5 Å². The highest BCUT2D eigenvalue weighted by Gasteiger charge is 2.65. The van der Waals surface area contributed by atoms with E-state index >= 15 is 0 Å². The summed E-state index contributed by atoms with van der Waals surface area (Å²) in [4.78, 5) is 16.6. The zero-order chi connectivity index (χ0) is 43.5. The van der Waals surface area contributed by atoms with Crippen molar-refractivity contribution in [2.75, 3.05) is 13.2 Å². The predicted molar refractivity (Wildman–Crippen MR) is 208 cm³/mol. The smallest absolute Gasteiger partial charge is 0.283 e. The van der Waals surface area contributed by atoms with Crippen LogP contribution in [0.4, 0.5) is 26.3 Å². The van der Waals surface area contributed by atoms with E-state index < -0.39 is 59.6 Å². The van der Waals surface area contributed by atoms with Crippen molar-refractivity contribution in [2.45, 2.75) is 86.5 Å². The Morgan fingerprint density at radius 1 is 0.661 bits per heavy atom. The lowest BCUT2D eigenvalue weighted by Crippen LogP contribution is -2.43. The van der Waals surface area contributed by atoms with Crippen LogP contribution in [-0.4, -0.2) is 60.3 Å². The highest BCUT2D eigenvalue weighted by atomic mass is 19.3. The van der Waals surface area contributed by atoms with Crippen molar-refractivity contribution >= 4 is 12.0 Å². The number of hydrogen-bond donors (Lipinski definition) is 2. The maximum atomic E-state index is 14.8. The number of alkyl halides is 4. The third-order valence-corrected chi connectivity index (χ3v) is 12.5. The van der Waals surface area contributed by atoms with Gasteiger partial charge in [0.1, 0.15) is 47.5 Å². The first kappa shape index (κ1) is 40.8. The number of ether oxygens (including phenoxy) is 4. The second kappa shape index (κ2) is 15.7. The summed E-state index contributed by atoms with van der Waals surface area (Å²) in [6.45, 7) is 0.899. The van der Waals surface area contributed by atoms with Crippen LogP contribution in [0.25, 0.3) is 0 Å². The van der Waals surface area contributed by atoms with Gasteiger partial charge in [-0.1, -0.05) is 24.3 Å². The number of nitrogens with two attached hydrogens (primary N) is 2. The molecule has 0 spiro atoms. The first-order chi connectivity index (χ1) is 29.8. The van der Waals surface area contributed by atoms with Crippen LogP contribution in [0.1, 0.15) is 82.3 Å². The topological polar surface area (TPSA) is 187 Å². The van der Waals surface area contributed by atoms with Gasteiger partial charge in [0.05, 0.1) is 35.7 Å². The van der Waals surface area contributed by atoms with Crippen LogP contribution in [0, 0.1) is 46.1 Å². The Balaban J connectivity index is 0.000000158. The molecule has 8 atom stereocenters. The van der Waals surface area contributed by atoms with Crippen LogP contribution in [0.2, 0.25) is 0 Å². The number of nitrogens with zero attached hydrogens (tertiary/aromatic N) is 6. The van der Waals surface area contributed by atoms with Gasteiger partial charge in [0, 0.05) is 59.3 Å². The normalized spacial score (nSPS) is 28.5. The van der Waals surface area contributed by atoms with Crippen LogP contribution in [0.5, 0.6) is 11.5 Å². The standard InChI is InChI=1S/2C22H19F3N4O2/c2*23-16-2-1-11(5-13-3-4-30-18-7-12(9-26)10-28-19(13)18)6-14(16)22(20(24)25)15-8-17(15)31-21(27)29-22/h2*1-2,6-7,10,13,15,17,20H,3-5,8H2,(H2,27,29)/t13-,15+,17-,22-;13-,15-,17+,22+/m10/s1. The van der Waals surface area contributed by atoms with Gasteiger partial charge in [0.25, 0.3) is 24.9 Å². The molecular formula is C44H38F6N8O4. The molecule has 2 fully saturated rings. The van der Waals surface area contributed by atoms with Crippen molar-refractivity contribution in [2.24, 2.45) is 33.3 Å². The summed E-state index contributed by atoms with van der Waals surface area (Å²) in [5.74, 6) is -1.70. The van der Waals surface area contributed by atoms with E-state index in [9.17, 15) is 26.3 Å². The van der Waals surface area contributed by atoms with Gasteiger partial charge in [-0.2, -0.15) is 10.5 Å². The van der Waals surface area contributed by atoms with Crippen molar-refractivity contribution in [1.82, 2.24) is 9.97 Å². The molecule has 10 rings (SSSR count). The zero-order valence-electron chi connectivity index (χ0n) is 32.8. The number of nitriles is 2. The van der Waals surface area contributed by atoms with E-state index in [-0.39, 0.29) is 35.0 Å². The fourth-order valence-electron chi connectivity index (χ4n) is 9.35. The third kappa shape index (κ3) is 7.14. The molecule has 2 aromatic heterocycles. The van der Waals surface area contributed by atoms with Crippen LogP contribution in [-0.2, 0) is 33.4 Å². The van der Waals surface area contributed by atoms with Gasteiger partial charge in [0.15, 0.2) is 11.1 Å². The number of halogens is 6. The number of hydrogen-bond acceptors (Lipinski definition) is 12. The molecular weight excluding hydrogens is 819 g/mol. The molecule has 18 heteroatoms. The first-order valence-corrected chi connectivity index (χ1v) is 20.1. The lowest BCUT2D eigenvalue weighted by Gasteiger charge is -2.33. The summed E-state index contributed by atoms with van der Waals surface area (Å²) < 4.78 is 109. The molecule has 2 aliphatic carbocycles. The van der Waals surface area contributed by atoms with Crippen molar-refractivity contribution in [3.63, 3.8) is 0 Å². The summed E-state index contributed by atoms with van der Waals surface area (Å²) in [5.41, 5.74) is 10.5. The minimum atomic E-state index is -2.93. The molecule has 4 aliphatic heterocycles. The van der Waals surface area contributed by atoms with Gasteiger partial charge < -0.3 is 30.4 Å². The summed E-state index contributed by atoms with van der Waals surface area (Å²) in [5, 5.41) is 18.1. The third-order valence-electron chi connectivity index (χ3n) is 12.5. The number of aromatic nitrogens is 2. The zero-order valence-corrected chi connectivity index (χ0v) is 32.8. The van der Waals surface area contributed by atoms with E-state index in [4.69, 9.17) is 40.9 Å². The van der Waals surface area contributed by atoms with Gasteiger partial charge >= 0.3 is 0 Å². The Bertz CT molecular complexity index is 2410. The lowest BCUT2D eigenvalue weighted by atomic mass is 9.82. The molecule has 0 saturated heterocycles. The van der Waals surface area contributed by atoms with E-state index in [1.54, 1.807) is 24.3 Å². The molecule has 2 aromatic carbocycles. The first-order valence-electron chi connectivity index (χ1n) is 20.1. The fourth-order valence-corrected chi connectivity index (χ4v) is 9.35. The van der Waals surface area contributed by atoms with Crippen LogP contribution >= 0.6 is 0 Å². The molecule has 0 amide bonds. The SMILES string of the molecule is N#Cc1cnc2c(c1)OCC[C@@H]2Cc1ccc(F)c([C@@]2(C(F)F)N=C(N)O[C@@H]3C[C@@H]32)c1.N#Cc1cnc2c(c1)OCC[C@H]2Cc1ccc(F)c([C@@]2(C(F)F)N=C(N)O[C@@H]3C[C@@H]32)c1. The molecule has 320 valence electrons. The molecule has 6 heterocycles. The Morgan fingerprint density at radius 2 is 1.08 bits per heavy atom. The number of pyridine rings is 2. The Hall–Kier alpha value is -6.56. The Labute approximate surface area is 351 Å². The number of benzene rings is 2. The monoisotopic (exact) mass is 856 g/mol. The second-order valence-electron chi connectivity index (χ2n) is 16.3. The van der Waals surface area contributed by atoms with E-state index in [0.717, 1.165) is 0 Å². The molecule has 4 N–H and O–H groups in total. The minimum Gasteiger partial charge on any atom is -0.492 e. The van der Waals surface area contributed by atoms with Crippen LogP contribution < -0.4 is 20.9 Å². The van der Waals surface area contributed by atoms with E-state index in [1.807, 2.05) is 12.1 Å². The van der Waals surface area contributed by atoms with Gasteiger partial charge in [-0.25, -0.2) is 36.3 Å². The molecule has 12 nitrogen and oxygen atoms in total. The van der Waals surface area contributed by atoms with Gasteiger partial charge in [-0.05, 0) is 61.8 Å². The lowest BCUT2D eigenvalue weighted by molar-refractivity contribution is 0.0175. The van der Waals surface area contributed by atoms with Gasteiger partial charge in [0.2, 0.25) is 0 Å². The summed E-state index contributed by atoms with van der Waals surface area (Å²) in [6.07, 6.45) is -0.834. The van der Waals surface area contributed by atoms with E-state index in [2.05, 4.69) is 20.0 Å². The number of aliphatic imine (C=N–C) groups is 2. The number of amidine groups is 2. The van der Waals surface area contributed by atoms with Crippen LogP contribution in [0.15, 0.2) is 70.9 Å². The fraction of sp³-hybridized carbons (Fsp3) is 0.409. The molecule has 62 heavy (non-hydrogen) atoms. The van der Waals surface area contributed by atoms with Crippen LogP contribution in [0.3, 0.4) is 0 Å². The molecule has 0 radical (unpaired) electrons. The maximum Gasteiger partial charge on any atom is 0.283 e. The molecule has 0 unspecified atom stereocenters. The molecule has 0 bridgehead atoms. The molecule has 4 aromatic rings. The molecule has 6 aliphatic rings. The average Bonchev–Trinajstić information content (AvgIpc) is 4.21. The van der Waals surface area contributed by atoms with Crippen molar-refractivity contribution in [3.05, 3.63) is 117 Å². The molecule has 2 saturated carbocycles. The highest BCUT2D eigenvalue weighted by molar-refractivity contribution is 5.75. The summed E-state index contributed by atoms with van der Waals surface area (Å²) in [7, 11) is 0. The second-order valence-corrected chi connectivity index (χ2v) is 16.3. The number of fused-ring (bicyclic) bond motifs is 4. The summed E-state index contributed by atoms with van der Waals surface area (Å²) >= 11 is 0. The Kier molecular flexibility index (Phi) is 10.4. The quantitative estimate of drug-likeness (QED) is 0.179. The largest absolute Gasteiger partial charge is 0.492 e. The van der Waals surface area contributed by atoms with Crippen molar-refractivity contribution < 1.29 is 45.3 Å². The van der Waals surface area contributed by atoms with Crippen molar-refractivity contribution in [3.8, 4) is 23.6 Å². The maximum absolute atomic E-state index is 14.8. The summed E-state index contributed by atoms with van der Waals surface area (Å²) in [6, 6.07) is 15.2. The predicted octanol–water partition coefficient (Wildman–Crippen LogP) is 6.79. The average molecular weight is 857 g/mol. The van der Waals surface area contributed by atoms with E-state index in [1.165, 1.54) is 36.7 Å². The number of rotatable bonds is 8. The highest BCUT2D eigenvalue weighted by Crippen LogP contribution is 2.57. The minimum absolute atomic E-state index is 0.0470. The Morgan fingerprint density at radius 3 is 1.47 bits per heavy atom. The van der Waals surface area contributed by atoms with E-state index in [0.29, 0.717) is 96.9 Å². The van der Waals surface area contributed by atoms with Gasteiger partial charge in [-0.3, -0.25) is 9.97 Å². The van der Waals surface area contributed by atoms with Gasteiger partial charge in [-0.15, -0.1) is 0 Å².